The molecule has 0 saturated carbocycles. The summed E-state index contributed by atoms with van der Waals surface area (Å²) in [5.41, 5.74) is 3.77. The fraction of sp³-hybridized carbons (Fsp3) is 0.0500. The van der Waals surface area contributed by atoms with Crippen LogP contribution in [-0.2, 0) is 9.84 Å². The molecular formula is C20H16F2N2O2S. The lowest BCUT2D eigenvalue weighted by Crippen LogP contribution is -2.04. The van der Waals surface area contributed by atoms with Crippen LogP contribution in [0.4, 0.5) is 14.5 Å². The summed E-state index contributed by atoms with van der Waals surface area (Å²) in [6.45, 7) is 1.58. The van der Waals surface area contributed by atoms with E-state index in [-0.39, 0.29) is 15.4 Å². The van der Waals surface area contributed by atoms with Gasteiger partial charge in [0.25, 0.3) is 0 Å². The first kappa shape index (κ1) is 18.7. The molecule has 3 aromatic rings. The van der Waals surface area contributed by atoms with Gasteiger partial charge in [-0.1, -0.05) is 18.2 Å². The summed E-state index contributed by atoms with van der Waals surface area (Å²) in [5.74, 6) is -1.37. The van der Waals surface area contributed by atoms with E-state index in [1.165, 1.54) is 30.3 Å². The number of nitrogens with zero attached hydrogens (tertiary/aromatic N) is 1. The molecule has 0 aliphatic heterocycles. The first-order valence-corrected chi connectivity index (χ1v) is 9.52. The molecular weight excluding hydrogens is 370 g/mol. The van der Waals surface area contributed by atoms with Crippen molar-refractivity contribution >= 4 is 21.2 Å². The molecule has 138 valence electrons. The van der Waals surface area contributed by atoms with E-state index in [4.69, 9.17) is 0 Å². The summed E-state index contributed by atoms with van der Waals surface area (Å²) < 4.78 is 51.8. The largest absolute Gasteiger partial charge is 0.278 e. The van der Waals surface area contributed by atoms with E-state index in [0.717, 1.165) is 12.1 Å². The first-order chi connectivity index (χ1) is 12.9. The number of hydrogen-bond donors (Lipinski definition) is 1. The minimum atomic E-state index is -3.59. The Morgan fingerprint density at radius 1 is 0.889 bits per heavy atom. The van der Waals surface area contributed by atoms with Gasteiger partial charge in [0.05, 0.1) is 21.2 Å². The summed E-state index contributed by atoms with van der Waals surface area (Å²) in [6, 6.07) is 17.4. The zero-order chi connectivity index (χ0) is 19.4. The van der Waals surface area contributed by atoms with Gasteiger partial charge in [-0.3, -0.25) is 5.43 Å². The molecule has 1 N–H and O–H groups in total. The van der Waals surface area contributed by atoms with Gasteiger partial charge in [-0.25, -0.2) is 17.2 Å². The highest BCUT2D eigenvalue weighted by Gasteiger charge is 2.16. The molecule has 0 aromatic heterocycles. The number of halogens is 2. The van der Waals surface area contributed by atoms with Gasteiger partial charge in [0, 0.05) is 11.6 Å². The number of hydrazone groups is 1. The molecule has 7 heteroatoms. The minimum absolute atomic E-state index is 0.157. The van der Waals surface area contributed by atoms with E-state index in [1.54, 1.807) is 37.3 Å². The fourth-order valence-corrected chi connectivity index (χ4v) is 3.72. The molecule has 0 radical (unpaired) electrons. The van der Waals surface area contributed by atoms with Crippen molar-refractivity contribution in [3.63, 3.8) is 0 Å². The number of hydrogen-bond acceptors (Lipinski definition) is 4. The average molecular weight is 386 g/mol. The maximum Gasteiger partial charge on any atom is 0.206 e. The van der Waals surface area contributed by atoms with E-state index < -0.39 is 21.5 Å². The van der Waals surface area contributed by atoms with E-state index in [9.17, 15) is 17.2 Å². The summed E-state index contributed by atoms with van der Waals surface area (Å²) in [5, 5.41) is 4.06. The lowest BCUT2D eigenvalue weighted by Gasteiger charge is -2.07. The molecule has 0 heterocycles. The van der Waals surface area contributed by atoms with Crippen LogP contribution in [0.3, 0.4) is 0 Å². The van der Waals surface area contributed by atoms with Crippen LogP contribution >= 0.6 is 0 Å². The highest BCUT2D eigenvalue weighted by Crippen LogP contribution is 2.22. The highest BCUT2D eigenvalue weighted by atomic mass is 32.2. The third-order valence-corrected chi connectivity index (χ3v) is 5.68. The lowest BCUT2D eigenvalue weighted by molar-refractivity contribution is 0.581. The fourth-order valence-electron chi connectivity index (χ4n) is 2.44. The minimum Gasteiger partial charge on any atom is -0.278 e. The Morgan fingerprint density at radius 3 is 2.15 bits per heavy atom. The summed E-state index contributed by atoms with van der Waals surface area (Å²) in [6.07, 6.45) is 0. The molecule has 0 aliphatic rings. The molecule has 0 unspecified atom stereocenters. The molecule has 3 aromatic carbocycles. The third-order valence-electron chi connectivity index (χ3n) is 3.89. The van der Waals surface area contributed by atoms with Crippen molar-refractivity contribution in [1.29, 1.82) is 0 Å². The third kappa shape index (κ3) is 4.20. The maximum atomic E-state index is 13.8. The molecule has 3 rings (SSSR count). The van der Waals surface area contributed by atoms with Crippen LogP contribution in [0.2, 0.25) is 0 Å². The Balaban J connectivity index is 1.78. The Hall–Kier alpha value is -3.06. The maximum absolute atomic E-state index is 13.8. The molecule has 0 atom stereocenters. The predicted octanol–water partition coefficient (Wildman–Crippen LogP) is 4.63. The van der Waals surface area contributed by atoms with E-state index >= 15 is 0 Å². The monoisotopic (exact) mass is 386 g/mol. The Morgan fingerprint density at radius 2 is 1.52 bits per heavy atom. The number of anilines is 1. The van der Waals surface area contributed by atoms with Crippen molar-refractivity contribution in [3.8, 4) is 0 Å². The molecule has 0 fully saturated rings. The van der Waals surface area contributed by atoms with E-state index in [1.807, 2.05) is 0 Å². The van der Waals surface area contributed by atoms with Crippen molar-refractivity contribution in [3.05, 3.63) is 90.0 Å². The van der Waals surface area contributed by atoms with Crippen molar-refractivity contribution in [2.45, 2.75) is 16.7 Å². The molecule has 0 spiro atoms. The van der Waals surface area contributed by atoms with Gasteiger partial charge in [-0.2, -0.15) is 5.10 Å². The quantitative estimate of drug-likeness (QED) is 0.514. The summed E-state index contributed by atoms with van der Waals surface area (Å²) in [7, 11) is -3.59. The zero-order valence-corrected chi connectivity index (χ0v) is 15.2. The van der Waals surface area contributed by atoms with Gasteiger partial charge in [0.15, 0.2) is 0 Å². The number of nitrogens with one attached hydrogen (secondary N) is 1. The second-order valence-electron chi connectivity index (χ2n) is 5.77. The first-order valence-electron chi connectivity index (χ1n) is 8.04. The van der Waals surface area contributed by atoms with Crippen molar-refractivity contribution in [2.75, 3.05) is 5.43 Å². The normalized spacial score (nSPS) is 12.0. The molecule has 0 amide bonds. The van der Waals surface area contributed by atoms with Crippen LogP contribution in [-0.4, -0.2) is 14.1 Å². The van der Waals surface area contributed by atoms with Gasteiger partial charge >= 0.3 is 0 Å². The van der Waals surface area contributed by atoms with Gasteiger partial charge in [-0.05, 0) is 55.5 Å². The molecule has 0 bridgehead atoms. The zero-order valence-electron chi connectivity index (χ0n) is 14.4. The summed E-state index contributed by atoms with van der Waals surface area (Å²) >= 11 is 0. The van der Waals surface area contributed by atoms with Gasteiger partial charge in [-0.15, -0.1) is 0 Å². The average Bonchev–Trinajstić information content (AvgIpc) is 2.67. The SMILES string of the molecule is CC(=NNc1ccc(S(=O)(=O)c2ccccc2)cc1)c1ccc(F)cc1F. The highest BCUT2D eigenvalue weighted by molar-refractivity contribution is 7.91. The molecule has 4 nitrogen and oxygen atoms in total. The Labute approximate surface area is 156 Å². The van der Waals surface area contributed by atoms with Crippen LogP contribution in [0.1, 0.15) is 12.5 Å². The van der Waals surface area contributed by atoms with Gasteiger partial charge in [0.2, 0.25) is 9.84 Å². The molecule has 0 aliphatic carbocycles. The molecule has 0 saturated heterocycles. The topological polar surface area (TPSA) is 58.5 Å². The molecule has 27 heavy (non-hydrogen) atoms. The van der Waals surface area contributed by atoms with Gasteiger partial charge in [0.1, 0.15) is 11.6 Å². The predicted molar refractivity (Wildman–Crippen MR) is 101 cm³/mol. The Kier molecular flexibility index (Phi) is 5.32. The van der Waals surface area contributed by atoms with Crippen LogP contribution in [0.25, 0.3) is 0 Å². The second-order valence-corrected chi connectivity index (χ2v) is 7.72. The lowest BCUT2D eigenvalue weighted by atomic mass is 10.1. The van der Waals surface area contributed by atoms with Crippen LogP contribution in [0.5, 0.6) is 0 Å². The Bertz CT molecular complexity index is 1080. The van der Waals surface area contributed by atoms with E-state index in [2.05, 4.69) is 10.5 Å². The number of rotatable bonds is 5. The van der Waals surface area contributed by atoms with Crippen molar-refractivity contribution in [1.82, 2.24) is 0 Å². The second kappa shape index (κ2) is 7.67. The van der Waals surface area contributed by atoms with Crippen LogP contribution < -0.4 is 5.43 Å². The van der Waals surface area contributed by atoms with Crippen molar-refractivity contribution in [2.24, 2.45) is 5.10 Å². The summed E-state index contributed by atoms with van der Waals surface area (Å²) in [4.78, 5) is 0.371. The number of sulfone groups is 1. The van der Waals surface area contributed by atoms with Gasteiger partial charge < -0.3 is 0 Å². The van der Waals surface area contributed by atoms with Crippen LogP contribution in [0, 0.1) is 11.6 Å². The number of benzene rings is 3. The van der Waals surface area contributed by atoms with Crippen LogP contribution in [0.15, 0.2) is 87.7 Å². The smallest absolute Gasteiger partial charge is 0.206 e. The van der Waals surface area contributed by atoms with Crippen molar-refractivity contribution < 1.29 is 17.2 Å². The van der Waals surface area contributed by atoms with E-state index in [0.29, 0.717) is 11.4 Å². The standard InChI is InChI=1S/C20H16F2N2O2S/c1-14(19-12-7-15(21)13-20(19)22)23-24-16-8-10-18(11-9-16)27(25,26)17-5-3-2-4-6-17/h2-13,24H,1H3.